The van der Waals surface area contributed by atoms with E-state index in [9.17, 15) is 4.79 Å². The highest BCUT2D eigenvalue weighted by Gasteiger charge is 2.32. The first-order valence-corrected chi connectivity index (χ1v) is 5.07. The Hall–Kier alpha value is -1.51. The number of fused-ring (bicyclic) bond motifs is 1. The van der Waals surface area contributed by atoms with Crippen molar-refractivity contribution in [2.24, 2.45) is 0 Å². The topological polar surface area (TPSA) is 46.5 Å². The summed E-state index contributed by atoms with van der Waals surface area (Å²) in [5.74, 6) is 0.0516. The van der Waals surface area contributed by atoms with Gasteiger partial charge in [0, 0.05) is 11.5 Å². The molecule has 1 N–H and O–H groups in total. The van der Waals surface area contributed by atoms with Gasteiger partial charge in [0.2, 0.25) is 0 Å². The molecule has 1 aromatic rings. The average Bonchev–Trinajstić information content (AvgIpc) is 2.41. The normalized spacial score (nSPS) is 23.3. The maximum atomic E-state index is 10.7. The number of benzene rings is 1. The van der Waals surface area contributed by atoms with Crippen LogP contribution in [0.15, 0.2) is 18.2 Å². The van der Waals surface area contributed by atoms with Gasteiger partial charge in [0.15, 0.2) is 0 Å². The van der Waals surface area contributed by atoms with Gasteiger partial charge in [-0.1, -0.05) is 12.1 Å². The molecule has 0 spiro atoms. The Morgan fingerprint density at radius 1 is 1.53 bits per heavy atom. The van der Waals surface area contributed by atoms with E-state index in [4.69, 9.17) is 9.84 Å². The molecule has 0 amide bonds. The molecule has 3 heteroatoms. The number of carboxylic acids is 1. The van der Waals surface area contributed by atoms with Crippen molar-refractivity contribution in [2.45, 2.75) is 32.3 Å². The first kappa shape index (κ1) is 10.0. The molecule has 15 heavy (non-hydrogen) atoms. The molecule has 1 aliphatic heterocycles. The van der Waals surface area contributed by atoms with Crippen molar-refractivity contribution >= 4 is 5.97 Å². The second-order valence-electron chi connectivity index (χ2n) is 4.07. The predicted octanol–water partition coefficient (Wildman–Crippen LogP) is 2.33. The molecule has 0 aliphatic carbocycles. The summed E-state index contributed by atoms with van der Waals surface area (Å²) >= 11 is 0. The molecule has 1 aromatic carbocycles. The third-order valence-corrected chi connectivity index (χ3v) is 2.84. The van der Waals surface area contributed by atoms with Crippen LogP contribution in [-0.2, 0) is 4.79 Å². The van der Waals surface area contributed by atoms with Gasteiger partial charge in [-0.3, -0.25) is 4.79 Å². The first-order chi connectivity index (χ1) is 7.08. The van der Waals surface area contributed by atoms with Crippen LogP contribution in [0, 0.1) is 6.92 Å². The summed E-state index contributed by atoms with van der Waals surface area (Å²) in [6.07, 6.45) is 0.0925. The number of rotatable bonds is 2. The molecular formula is C12H14O3. The number of ether oxygens (including phenoxy) is 1. The first-order valence-electron chi connectivity index (χ1n) is 5.07. The van der Waals surface area contributed by atoms with E-state index in [-0.39, 0.29) is 18.4 Å². The van der Waals surface area contributed by atoms with Crippen LogP contribution >= 0.6 is 0 Å². The fourth-order valence-corrected chi connectivity index (χ4v) is 2.05. The van der Waals surface area contributed by atoms with Gasteiger partial charge in [0.25, 0.3) is 0 Å². The maximum absolute atomic E-state index is 10.7. The molecule has 1 aliphatic rings. The third kappa shape index (κ3) is 1.82. The lowest BCUT2D eigenvalue weighted by atomic mass is 9.92. The molecule has 1 heterocycles. The fraction of sp³-hybridized carbons (Fsp3) is 0.417. The quantitative estimate of drug-likeness (QED) is 0.807. The van der Waals surface area contributed by atoms with Gasteiger partial charge in [0.1, 0.15) is 11.9 Å². The van der Waals surface area contributed by atoms with Gasteiger partial charge in [-0.2, -0.15) is 0 Å². The highest BCUT2D eigenvalue weighted by molar-refractivity contribution is 5.69. The van der Waals surface area contributed by atoms with Crippen LogP contribution in [0.25, 0.3) is 0 Å². The molecule has 2 unspecified atom stereocenters. The van der Waals surface area contributed by atoms with Crippen molar-refractivity contribution in [3.05, 3.63) is 29.3 Å². The summed E-state index contributed by atoms with van der Waals surface area (Å²) < 4.78 is 5.64. The predicted molar refractivity (Wildman–Crippen MR) is 56.3 cm³/mol. The molecular weight excluding hydrogens is 192 g/mol. The highest BCUT2D eigenvalue weighted by atomic mass is 16.5. The summed E-state index contributed by atoms with van der Waals surface area (Å²) in [5, 5.41) is 8.82. The Balaban J connectivity index is 2.33. The van der Waals surface area contributed by atoms with Gasteiger partial charge in [-0.15, -0.1) is 0 Å². The number of hydrogen-bond donors (Lipinski definition) is 1. The van der Waals surface area contributed by atoms with Crippen LogP contribution in [0.3, 0.4) is 0 Å². The van der Waals surface area contributed by atoms with Crippen molar-refractivity contribution in [2.75, 3.05) is 0 Å². The Morgan fingerprint density at radius 2 is 2.27 bits per heavy atom. The minimum absolute atomic E-state index is 0.0156. The van der Waals surface area contributed by atoms with E-state index < -0.39 is 5.97 Å². The Kier molecular flexibility index (Phi) is 2.39. The van der Waals surface area contributed by atoms with Crippen molar-refractivity contribution in [1.82, 2.24) is 0 Å². The molecule has 0 aromatic heterocycles. The highest BCUT2D eigenvalue weighted by Crippen LogP contribution is 2.40. The van der Waals surface area contributed by atoms with Gasteiger partial charge < -0.3 is 9.84 Å². The zero-order valence-electron chi connectivity index (χ0n) is 8.86. The van der Waals surface area contributed by atoms with Crippen LogP contribution in [0.4, 0.5) is 0 Å². The molecule has 0 saturated heterocycles. The zero-order chi connectivity index (χ0) is 11.0. The van der Waals surface area contributed by atoms with E-state index in [1.54, 1.807) is 0 Å². The lowest BCUT2D eigenvalue weighted by molar-refractivity contribution is -0.137. The average molecular weight is 206 g/mol. The zero-order valence-corrected chi connectivity index (χ0v) is 8.86. The molecule has 80 valence electrons. The summed E-state index contributed by atoms with van der Waals surface area (Å²) in [7, 11) is 0. The number of aliphatic carboxylic acids is 1. The molecule has 0 fully saturated rings. The largest absolute Gasteiger partial charge is 0.490 e. The second kappa shape index (κ2) is 3.57. The molecule has 2 rings (SSSR count). The standard InChI is InChI=1S/C12H14O3/c1-7-3-4-9-10(6-12(13)14)8(2)15-11(9)5-7/h3-5,8,10H,6H2,1-2H3,(H,13,14). The van der Waals surface area contributed by atoms with E-state index >= 15 is 0 Å². The van der Waals surface area contributed by atoms with E-state index in [1.165, 1.54) is 0 Å². The van der Waals surface area contributed by atoms with Crippen LogP contribution in [0.1, 0.15) is 30.4 Å². The summed E-state index contributed by atoms with van der Waals surface area (Å²) in [6.45, 7) is 3.92. The van der Waals surface area contributed by atoms with Crippen molar-refractivity contribution < 1.29 is 14.6 Å². The molecule has 2 atom stereocenters. The van der Waals surface area contributed by atoms with Crippen molar-refractivity contribution in [3.8, 4) is 5.75 Å². The van der Waals surface area contributed by atoms with Crippen LogP contribution < -0.4 is 4.74 Å². The van der Waals surface area contributed by atoms with Gasteiger partial charge in [-0.25, -0.2) is 0 Å². The number of hydrogen-bond acceptors (Lipinski definition) is 2. The van der Waals surface area contributed by atoms with E-state index in [0.717, 1.165) is 16.9 Å². The SMILES string of the molecule is Cc1ccc2c(c1)OC(C)C2CC(=O)O. The van der Waals surface area contributed by atoms with E-state index in [1.807, 2.05) is 32.0 Å². The molecule has 0 bridgehead atoms. The second-order valence-corrected chi connectivity index (χ2v) is 4.07. The Labute approximate surface area is 88.7 Å². The lowest BCUT2D eigenvalue weighted by Crippen LogP contribution is -2.17. The van der Waals surface area contributed by atoms with Gasteiger partial charge in [0.05, 0.1) is 6.42 Å². The van der Waals surface area contributed by atoms with Crippen molar-refractivity contribution in [1.29, 1.82) is 0 Å². The van der Waals surface area contributed by atoms with Gasteiger partial charge in [-0.05, 0) is 25.5 Å². The smallest absolute Gasteiger partial charge is 0.304 e. The minimum Gasteiger partial charge on any atom is -0.490 e. The molecule has 0 radical (unpaired) electrons. The summed E-state index contributed by atoms with van der Waals surface area (Å²) in [6, 6.07) is 5.94. The number of carbonyl (C=O) groups is 1. The maximum Gasteiger partial charge on any atom is 0.304 e. The third-order valence-electron chi connectivity index (χ3n) is 2.84. The minimum atomic E-state index is -0.774. The van der Waals surface area contributed by atoms with Crippen LogP contribution in [-0.4, -0.2) is 17.2 Å². The van der Waals surface area contributed by atoms with E-state index in [2.05, 4.69) is 0 Å². The molecule has 3 nitrogen and oxygen atoms in total. The Morgan fingerprint density at radius 3 is 2.93 bits per heavy atom. The summed E-state index contributed by atoms with van der Waals surface area (Å²) in [4.78, 5) is 10.7. The van der Waals surface area contributed by atoms with E-state index in [0.29, 0.717) is 0 Å². The van der Waals surface area contributed by atoms with Gasteiger partial charge >= 0.3 is 5.97 Å². The van der Waals surface area contributed by atoms with Crippen LogP contribution in [0.5, 0.6) is 5.75 Å². The summed E-state index contributed by atoms with van der Waals surface area (Å²) in [5.41, 5.74) is 2.16. The van der Waals surface area contributed by atoms with Crippen LogP contribution in [0.2, 0.25) is 0 Å². The lowest BCUT2D eigenvalue weighted by Gasteiger charge is -2.11. The number of carboxylic acid groups (broad SMARTS) is 1. The van der Waals surface area contributed by atoms with Crippen molar-refractivity contribution in [3.63, 3.8) is 0 Å². The monoisotopic (exact) mass is 206 g/mol. The Bertz CT molecular complexity index is 398. The molecule has 0 saturated carbocycles. The number of aryl methyl sites for hydroxylation is 1. The fourth-order valence-electron chi connectivity index (χ4n) is 2.05.